The Bertz CT molecular complexity index is 660. The molecule has 0 aliphatic carbocycles. The summed E-state index contributed by atoms with van der Waals surface area (Å²) in [5.74, 6) is 2.13. The smallest absolute Gasteiger partial charge is 0.165 e. The topological polar surface area (TPSA) is 81.9 Å². The van der Waals surface area contributed by atoms with E-state index in [1.807, 2.05) is 16.9 Å². The Morgan fingerprint density at radius 1 is 1.36 bits per heavy atom. The van der Waals surface area contributed by atoms with Gasteiger partial charge in [0, 0.05) is 38.0 Å². The first-order chi connectivity index (χ1) is 12.3. The van der Waals surface area contributed by atoms with Gasteiger partial charge in [-0.15, -0.1) is 5.10 Å². The van der Waals surface area contributed by atoms with E-state index in [1.54, 1.807) is 7.11 Å². The number of methoxy groups -OCH3 is 1. The summed E-state index contributed by atoms with van der Waals surface area (Å²) in [5.41, 5.74) is 1.11. The van der Waals surface area contributed by atoms with E-state index in [1.165, 1.54) is 0 Å². The Hall–Kier alpha value is -1.93. The van der Waals surface area contributed by atoms with Gasteiger partial charge in [0.05, 0.1) is 6.54 Å². The van der Waals surface area contributed by atoms with E-state index in [0.717, 1.165) is 69.2 Å². The van der Waals surface area contributed by atoms with Gasteiger partial charge in [-0.3, -0.25) is 4.90 Å². The molecule has 0 N–H and O–H groups in total. The quantitative estimate of drug-likeness (QED) is 0.721. The van der Waals surface area contributed by atoms with Crippen molar-refractivity contribution in [3.8, 4) is 0 Å². The van der Waals surface area contributed by atoms with E-state index in [9.17, 15) is 0 Å². The molecule has 3 rings (SSSR count). The molecule has 2 aromatic heterocycles. The zero-order valence-corrected chi connectivity index (χ0v) is 15.1. The lowest BCUT2D eigenvalue weighted by molar-refractivity contribution is 0.175. The molecule has 1 fully saturated rings. The molecule has 0 saturated carbocycles. The van der Waals surface area contributed by atoms with Crippen molar-refractivity contribution in [2.24, 2.45) is 0 Å². The summed E-state index contributed by atoms with van der Waals surface area (Å²) in [6, 6.07) is 2.03. The number of hydrogen-bond donors (Lipinski definition) is 0. The largest absolute Gasteiger partial charge is 0.377 e. The van der Waals surface area contributed by atoms with Crippen molar-refractivity contribution in [1.82, 2.24) is 35.1 Å². The zero-order chi connectivity index (χ0) is 17.5. The second kappa shape index (κ2) is 8.96. The van der Waals surface area contributed by atoms with Crippen molar-refractivity contribution in [2.45, 2.75) is 58.2 Å². The second-order valence-corrected chi connectivity index (χ2v) is 6.58. The fourth-order valence-electron chi connectivity index (χ4n) is 3.30. The average molecular weight is 345 g/mol. The van der Waals surface area contributed by atoms with Gasteiger partial charge in [-0.2, -0.15) is 0 Å². The van der Waals surface area contributed by atoms with Crippen LogP contribution in [0.5, 0.6) is 0 Å². The standard InChI is InChI=1S/C17H27N7O/c1-3-4-10-24-17(20-21-22-24)12-23-9-5-6-14(11-23)15-7-8-18-16(19-15)13-25-2/h7-8,14H,3-6,9-13H2,1-2H3/t14-/m0/s1. The number of hydrogen-bond acceptors (Lipinski definition) is 7. The molecule has 1 atom stereocenters. The molecule has 8 nitrogen and oxygen atoms in total. The summed E-state index contributed by atoms with van der Waals surface area (Å²) in [5, 5.41) is 12.2. The van der Waals surface area contributed by atoms with Crippen LogP contribution >= 0.6 is 0 Å². The van der Waals surface area contributed by atoms with Crippen LogP contribution in [0.25, 0.3) is 0 Å². The third-order valence-corrected chi connectivity index (χ3v) is 4.62. The maximum atomic E-state index is 5.15. The van der Waals surface area contributed by atoms with E-state index in [2.05, 4.69) is 37.3 Å². The van der Waals surface area contributed by atoms with Crippen molar-refractivity contribution in [1.29, 1.82) is 0 Å². The number of likely N-dealkylation sites (tertiary alicyclic amines) is 1. The third kappa shape index (κ3) is 4.79. The van der Waals surface area contributed by atoms with Gasteiger partial charge in [-0.1, -0.05) is 13.3 Å². The minimum atomic E-state index is 0.423. The van der Waals surface area contributed by atoms with Gasteiger partial charge < -0.3 is 4.74 Å². The van der Waals surface area contributed by atoms with E-state index in [0.29, 0.717) is 12.5 Å². The fraction of sp³-hybridized carbons (Fsp3) is 0.706. The van der Waals surface area contributed by atoms with Crippen molar-refractivity contribution < 1.29 is 4.74 Å². The monoisotopic (exact) mass is 345 g/mol. The van der Waals surface area contributed by atoms with Gasteiger partial charge in [0.2, 0.25) is 0 Å². The molecular weight excluding hydrogens is 318 g/mol. The lowest BCUT2D eigenvalue weighted by atomic mass is 9.94. The molecular formula is C17H27N7O. The number of nitrogens with zero attached hydrogens (tertiary/aromatic N) is 7. The van der Waals surface area contributed by atoms with Crippen molar-refractivity contribution in [3.63, 3.8) is 0 Å². The molecule has 1 saturated heterocycles. The van der Waals surface area contributed by atoms with Crippen molar-refractivity contribution in [3.05, 3.63) is 29.6 Å². The number of piperidine rings is 1. The molecule has 0 unspecified atom stereocenters. The summed E-state index contributed by atoms with van der Waals surface area (Å²) in [7, 11) is 1.67. The van der Waals surface area contributed by atoms with Gasteiger partial charge >= 0.3 is 0 Å². The fourth-order valence-corrected chi connectivity index (χ4v) is 3.30. The van der Waals surface area contributed by atoms with Crippen LogP contribution in [0.2, 0.25) is 0 Å². The van der Waals surface area contributed by atoms with Gasteiger partial charge in [-0.25, -0.2) is 14.6 Å². The Labute approximate surface area is 148 Å². The Balaban J connectivity index is 1.63. The molecule has 136 valence electrons. The molecule has 3 heterocycles. The molecule has 1 aliphatic rings. The molecule has 2 aromatic rings. The van der Waals surface area contributed by atoms with Crippen molar-refractivity contribution in [2.75, 3.05) is 20.2 Å². The predicted octanol–water partition coefficient (Wildman–Crippen LogP) is 1.79. The number of rotatable bonds is 8. The minimum Gasteiger partial charge on any atom is -0.377 e. The average Bonchev–Trinajstić information content (AvgIpc) is 3.08. The zero-order valence-electron chi connectivity index (χ0n) is 15.1. The summed E-state index contributed by atoms with van der Waals surface area (Å²) in [6.07, 6.45) is 6.39. The maximum Gasteiger partial charge on any atom is 0.165 e. The van der Waals surface area contributed by atoms with Gasteiger partial charge in [0.25, 0.3) is 0 Å². The van der Waals surface area contributed by atoms with Gasteiger partial charge in [-0.05, 0) is 42.3 Å². The first-order valence-electron chi connectivity index (χ1n) is 9.08. The van der Waals surface area contributed by atoms with Crippen LogP contribution < -0.4 is 0 Å². The molecule has 25 heavy (non-hydrogen) atoms. The number of unbranched alkanes of at least 4 members (excludes halogenated alkanes) is 1. The van der Waals surface area contributed by atoms with Crippen LogP contribution in [0.4, 0.5) is 0 Å². The SMILES string of the molecule is CCCCn1nnnc1CN1CCC[C@H](c2ccnc(COC)n2)C1. The van der Waals surface area contributed by atoms with Crippen LogP contribution in [0.15, 0.2) is 12.3 Å². The molecule has 0 amide bonds. The van der Waals surface area contributed by atoms with Gasteiger partial charge in [0.15, 0.2) is 11.6 Å². The van der Waals surface area contributed by atoms with Gasteiger partial charge in [0.1, 0.15) is 6.61 Å². The van der Waals surface area contributed by atoms with Crippen LogP contribution in [0.3, 0.4) is 0 Å². The summed E-state index contributed by atoms with van der Waals surface area (Å²) >= 11 is 0. The number of aromatic nitrogens is 6. The second-order valence-electron chi connectivity index (χ2n) is 6.58. The lowest BCUT2D eigenvalue weighted by Gasteiger charge is -2.32. The molecule has 1 aliphatic heterocycles. The molecule has 8 heteroatoms. The highest BCUT2D eigenvalue weighted by Gasteiger charge is 2.24. The highest BCUT2D eigenvalue weighted by molar-refractivity contribution is 5.10. The van der Waals surface area contributed by atoms with E-state index >= 15 is 0 Å². The maximum absolute atomic E-state index is 5.15. The summed E-state index contributed by atoms with van der Waals surface area (Å²) < 4.78 is 7.09. The normalized spacial score (nSPS) is 18.6. The molecule has 0 aromatic carbocycles. The van der Waals surface area contributed by atoms with E-state index in [4.69, 9.17) is 4.74 Å². The molecule has 0 spiro atoms. The van der Waals surface area contributed by atoms with E-state index in [-0.39, 0.29) is 0 Å². The Morgan fingerprint density at radius 2 is 2.28 bits per heavy atom. The van der Waals surface area contributed by atoms with Crippen LogP contribution in [0, 0.1) is 0 Å². The number of tetrazole rings is 1. The highest BCUT2D eigenvalue weighted by Crippen LogP contribution is 2.26. The van der Waals surface area contributed by atoms with Crippen molar-refractivity contribution >= 4 is 0 Å². The number of ether oxygens (including phenoxy) is 1. The third-order valence-electron chi connectivity index (χ3n) is 4.62. The lowest BCUT2D eigenvalue weighted by Crippen LogP contribution is -2.35. The molecule has 0 radical (unpaired) electrons. The summed E-state index contributed by atoms with van der Waals surface area (Å²) in [4.78, 5) is 11.4. The van der Waals surface area contributed by atoms with Crippen LogP contribution in [-0.4, -0.2) is 55.3 Å². The summed E-state index contributed by atoms with van der Waals surface area (Å²) in [6.45, 7) is 6.37. The van der Waals surface area contributed by atoms with Crippen LogP contribution in [-0.2, 0) is 24.4 Å². The minimum absolute atomic E-state index is 0.423. The number of aryl methyl sites for hydroxylation is 1. The molecule has 0 bridgehead atoms. The first-order valence-corrected chi connectivity index (χ1v) is 9.08. The highest BCUT2D eigenvalue weighted by atomic mass is 16.5. The van der Waals surface area contributed by atoms with E-state index < -0.39 is 0 Å². The predicted molar refractivity (Wildman–Crippen MR) is 92.7 cm³/mol. The van der Waals surface area contributed by atoms with Crippen LogP contribution in [0.1, 0.15) is 55.9 Å². The Morgan fingerprint density at radius 3 is 3.12 bits per heavy atom. The first kappa shape index (κ1) is 17.9. The Kier molecular flexibility index (Phi) is 6.41.